The summed E-state index contributed by atoms with van der Waals surface area (Å²) in [4.78, 5) is 25.9. The summed E-state index contributed by atoms with van der Waals surface area (Å²) in [5.41, 5.74) is -2.73. The molecule has 0 aromatic carbocycles. The third kappa shape index (κ3) is 11.2. The topological polar surface area (TPSA) is 389 Å². The Morgan fingerprint density at radius 3 is 1.87 bits per heavy atom. The largest absolute Gasteiger partial charge is 0.465 e. The summed E-state index contributed by atoms with van der Waals surface area (Å²) in [6, 6.07) is 0. The molecule has 4 heterocycles. The van der Waals surface area contributed by atoms with E-state index in [2.05, 4.69) is 40.7 Å². The fourth-order valence-electron chi connectivity index (χ4n) is 17.2. The Morgan fingerprint density at radius 1 is 0.659 bits per heavy atom. The quantitative estimate of drug-likeness (QED) is 0.0434. The number of carbonyl (C=O) groups excluding carboxylic acids is 2. The van der Waals surface area contributed by atoms with Crippen LogP contribution in [0.1, 0.15) is 121 Å². The first-order valence-electron chi connectivity index (χ1n) is 30.3. The molecule has 8 fully saturated rings. The van der Waals surface area contributed by atoms with Gasteiger partial charge in [-0.05, 0) is 105 Å². The Bertz CT molecular complexity index is 2440. The van der Waals surface area contributed by atoms with Crippen LogP contribution >= 0.6 is 0 Å². The minimum Gasteiger partial charge on any atom is -0.465 e. The van der Waals surface area contributed by atoms with Crippen molar-refractivity contribution in [3.63, 3.8) is 0 Å². The fraction of sp³-hybridized carbons (Fsp3) is 0.900. The zero-order valence-corrected chi connectivity index (χ0v) is 50.7. The highest BCUT2D eigenvalue weighted by molar-refractivity contribution is 5.87. The standard InChI is InChI=1S/C60H96O25/c1-12-25(2)50(75)85-49-48(74)60(24-77-27(4)63)29(19-55(49,5)6)28-13-14-34-57(9)17-16-36(56(7,8)33(57)15-18-58(34,10)59(28,11)20-35(60)64)82-53-46(40(68)32(23-76-53)81-52-45(73)42(70)38(66)30(21-61)79-52)84-54-47(43(71)39(67)31(22-62)80-54)83-51-44(72)41(69)37(65)26(3)78-51/h12-13,26,29-49,51-54,61-62,64-74H,14-24H2,1-11H3/b25-12-/t26-,29+,30+,31+,32-,33?,34+,35+,36-,37-,38+,39+,40-,41+,42-,43-,44+,45+,46+,47+,48-,49?,51-,52-,53+,54-,57-,58+,59+,60-/m0/s1. The fourth-order valence-corrected chi connectivity index (χ4v) is 17.2. The van der Waals surface area contributed by atoms with E-state index < -0.39 is 206 Å². The van der Waals surface area contributed by atoms with Crippen molar-refractivity contribution in [3.8, 4) is 0 Å². The normalized spacial score (nSPS) is 51.4. The van der Waals surface area contributed by atoms with Crippen molar-refractivity contribution >= 4 is 11.9 Å². The second-order valence-corrected chi connectivity index (χ2v) is 28.0. The number of hydrogen-bond donors (Lipinski definition) is 13. The number of aliphatic hydroxyl groups is 13. The lowest BCUT2D eigenvalue weighted by molar-refractivity contribution is -0.398. The molecule has 4 saturated heterocycles. The van der Waals surface area contributed by atoms with Gasteiger partial charge in [0, 0.05) is 17.9 Å². The van der Waals surface area contributed by atoms with Crippen molar-refractivity contribution in [3.05, 3.63) is 23.3 Å². The highest BCUT2D eigenvalue weighted by atomic mass is 16.8. The maximum atomic E-state index is 13.4. The third-order valence-corrected chi connectivity index (χ3v) is 22.6. The van der Waals surface area contributed by atoms with Crippen molar-refractivity contribution < 1.29 is 123 Å². The molecule has 0 spiro atoms. The Balaban J connectivity index is 1.01. The van der Waals surface area contributed by atoms with E-state index in [4.69, 9.17) is 47.4 Å². The molecule has 2 unspecified atom stereocenters. The Kier molecular flexibility index (Phi) is 19.4. The molecule has 9 aliphatic rings. The van der Waals surface area contributed by atoms with Crippen LogP contribution in [0.2, 0.25) is 0 Å². The summed E-state index contributed by atoms with van der Waals surface area (Å²) in [6.07, 6.45) is -28.4. The molecular weight excluding hydrogens is 1120 g/mol. The number of hydrogen-bond acceptors (Lipinski definition) is 25. The molecule has 0 aromatic rings. The monoisotopic (exact) mass is 1220 g/mol. The maximum Gasteiger partial charge on any atom is 0.333 e. The van der Waals surface area contributed by atoms with Crippen LogP contribution in [-0.2, 0) is 57.0 Å². The molecule has 0 radical (unpaired) electrons. The Hall–Kier alpha value is -2.42. The lowest BCUT2D eigenvalue weighted by atomic mass is 9.33. The van der Waals surface area contributed by atoms with E-state index in [-0.39, 0.29) is 30.3 Å². The molecule has 486 valence electrons. The SMILES string of the molecule is C/C=C(/C)C(=O)OC1[C@H](O)[C@]2(COC(C)=O)[C@H](O)C[C@]3(C)C(=CC[C@@H]4[C@@]5(C)CC[C@H](O[C@H]6OC[C@H](O[C@@H]7O[C@H](CO)[C@@H](O)[C@H](O)[C@H]7O)[C@H](O)[C@H]6O[C@@H]6O[C@H](CO)[C@@H](O)[C@H](O)[C@H]6O[C@@H]6O[C@@H](C)[C@H](O)[C@@H](O)[C@H]6O)C(C)(C)C5CC[C@]43C)[C@H]2CC1(C)C. The van der Waals surface area contributed by atoms with Crippen molar-refractivity contribution in [2.45, 2.75) is 262 Å². The second kappa shape index (κ2) is 24.7. The van der Waals surface area contributed by atoms with E-state index in [0.717, 1.165) is 18.4 Å². The molecule has 9 rings (SSSR count). The first-order chi connectivity index (χ1) is 39.7. The minimum atomic E-state index is -1.94. The molecule has 30 atom stereocenters. The lowest BCUT2D eigenvalue weighted by Crippen LogP contribution is -2.72. The van der Waals surface area contributed by atoms with Gasteiger partial charge in [-0.2, -0.15) is 0 Å². The van der Waals surface area contributed by atoms with Crippen molar-refractivity contribution in [1.29, 1.82) is 0 Å². The summed E-state index contributed by atoms with van der Waals surface area (Å²) in [7, 11) is 0. The van der Waals surface area contributed by atoms with E-state index in [9.17, 15) is 76.0 Å². The molecule has 0 bridgehead atoms. The number of esters is 2. The van der Waals surface area contributed by atoms with Crippen LogP contribution in [0.5, 0.6) is 0 Å². The van der Waals surface area contributed by atoms with Gasteiger partial charge in [0.1, 0.15) is 104 Å². The molecule has 25 heteroatoms. The number of allylic oxidation sites excluding steroid dienone is 3. The van der Waals surface area contributed by atoms with Crippen LogP contribution in [0.25, 0.3) is 0 Å². The average Bonchev–Trinajstić information content (AvgIpc) is 0.703. The number of ether oxygens (including phenoxy) is 10. The number of fused-ring (bicyclic) bond motifs is 7. The molecule has 4 aliphatic heterocycles. The van der Waals surface area contributed by atoms with Gasteiger partial charge in [0.2, 0.25) is 0 Å². The van der Waals surface area contributed by atoms with Gasteiger partial charge in [-0.3, -0.25) is 4.79 Å². The lowest BCUT2D eigenvalue weighted by Gasteiger charge is -2.72. The molecular formula is C60H96O25. The summed E-state index contributed by atoms with van der Waals surface area (Å²) in [6.45, 7) is 18.7. The molecule has 25 nitrogen and oxygen atoms in total. The maximum absolute atomic E-state index is 13.4. The van der Waals surface area contributed by atoms with E-state index in [1.54, 1.807) is 19.9 Å². The van der Waals surface area contributed by atoms with Gasteiger partial charge in [-0.15, -0.1) is 0 Å². The molecule has 4 saturated carbocycles. The third-order valence-electron chi connectivity index (χ3n) is 22.6. The van der Waals surface area contributed by atoms with E-state index in [0.29, 0.717) is 31.3 Å². The van der Waals surface area contributed by atoms with Crippen LogP contribution in [0.4, 0.5) is 0 Å². The number of aliphatic hydroxyl groups excluding tert-OH is 13. The summed E-state index contributed by atoms with van der Waals surface area (Å²) in [5.74, 6) is -1.56. The molecule has 0 aromatic heterocycles. The van der Waals surface area contributed by atoms with Crippen LogP contribution in [-0.4, -0.2) is 246 Å². The smallest absolute Gasteiger partial charge is 0.333 e. The van der Waals surface area contributed by atoms with Gasteiger partial charge in [0.05, 0.1) is 43.5 Å². The average molecular weight is 1220 g/mol. The second-order valence-electron chi connectivity index (χ2n) is 28.0. The summed E-state index contributed by atoms with van der Waals surface area (Å²) in [5, 5.41) is 145. The zero-order chi connectivity index (χ0) is 62.6. The van der Waals surface area contributed by atoms with Gasteiger partial charge in [-0.25, -0.2) is 4.79 Å². The Morgan fingerprint density at radius 2 is 1.25 bits per heavy atom. The summed E-state index contributed by atoms with van der Waals surface area (Å²) >= 11 is 0. The van der Waals surface area contributed by atoms with Crippen LogP contribution in [0.3, 0.4) is 0 Å². The first kappa shape index (κ1) is 67.0. The number of carbonyl (C=O) groups is 2. The van der Waals surface area contributed by atoms with Crippen molar-refractivity contribution in [2.75, 3.05) is 26.4 Å². The highest BCUT2D eigenvalue weighted by Crippen LogP contribution is 2.76. The predicted octanol–water partition coefficient (Wildman–Crippen LogP) is -0.895. The van der Waals surface area contributed by atoms with Gasteiger partial charge < -0.3 is 114 Å². The van der Waals surface area contributed by atoms with E-state index in [1.165, 1.54) is 13.8 Å². The summed E-state index contributed by atoms with van der Waals surface area (Å²) < 4.78 is 61.2. The molecule has 13 N–H and O–H groups in total. The number of rotatable bonds is 14. The first-order valence-corrected chi connectivity index (χ1v) is 30.3. The van der Waals surface area contributed by atoms with Crippen molar-refractivity contribution in [2.24, 2.45) is 50.2 Å². The van der Waals surface area contributed by atoms with Crippen LogP contribution in [0.15, 0.2) is 23.3 Å². The van der Waals surface area contributed by atoms with E-state index in [1.807, 2.05) is 13.8 Å². The molecule has 85 heavy (non-hydrogen) atoms. The van der Waals surface area contributed by atoms with Gasteiger partial charge in [0.15, 0.2) is 25.2 Å². The highest BCUT2D eigenvalue weighted by Gasteiger charge is 2.73. The molecule has 5 aliphatic carbocycles. The van der Waals surface area contributed by atoms with Gasteiger partial charge >= 0.3 is 11.9 Å². The van der Waals surface area contributed by atoms with E-state index >= 15 is 0 Å². The predicted molar refractivity (Wildman–Crippen MR) is 292 cm³/mol. The molecule has 0 amide bonds. The zero-order valence-electron chi connectivity index (χ0n) is 50.7. The van der Waals surface area contributed by atoms with Crippen LogP contribution < -0.4 is 0 Å². The van der Waals surface area contributed by atoms with Gasteiger partial charge in [0.25, 0.3) is 0 Å². The van der Waals surface area contributed by atoms with Gasteiger partial charge in [-0.1, -0.05) is 66.2 Å². The Labute approximate surface area is 496 Å². The van der Waals surface area contributed by atoms with Crippen molar-refractivity contribution in [1.82, 2.24) is 0 Å². The minimum absolute atomic E-state index is 0.00630. The van der Waals surface area contributed by atoms with Crippen LogP contribution in [0, 0.1) is 50.2 Å².